The summed E-state index contributed by atoms with van der Waals surface area (Å²) in [5.41, 5.74) is 2.02. The Hall–Kier alpha value is -1.48. The molecule has 3 heteroatoms. The molecule has 0 spiro atoms. The molecule has 0 bridgehead atoms. The van der Waals surface area contributed by atoms with Gasteiger partial charge in [0.2, 0.25) is 0 Å². The van der Waals surface area contributed by atoms with Crippen LogP contribution < -0.4 is 0 Å². The maximum absolute atomic E-state index is 12.8. The Bertz CT molecular complexity index is 596. The topological polar surface area (TPSA) is 43.4 Å². The van der Waals surface area contributed by atoms with Crippen molar-refractivity contribution in [1.82, 2.24) is 0 Å². The molecule has 0 N–H and O–H groups in total. The number of hydrogen-bond acceptors (Lipinski definition) is 3. The number of ether oxygens (including phenoxy) is 1. The van der Waals surface area contributed by atoms with E-state index in [1.807, 2.05) is 19.9 Å². The summed E-state index contributed by atoms with van der Waals surface area (Å²) in [4.78, 5) is 25.3. The third-order valence-electron chi connectivity index (χ3n) is 5.72. The first-order valence-corrected chi connectivity index (χ1v) is 8.09. The lowest BCUT2D eigenvalue weighted by molar-refractivity contribution is -0.134. The average molecular weight is 300 g/mol. The third-order valence-corrected chi connectivity index (χ3v) is 5.72. The molecule has 6 atom stereocenters. The van der Waals surface area contributed by atoms with E-state index in [2.05, 4.69) is 19.1 Å². The SMILES string of the molecule is COC(C)[C@@H]1C=C(C)C(=O)[C@@H]2[C@H]3C(=O)C=CC[C@@H]3C=C(C)[C@H]21. The summed E-state index contributed by atoms with van der Waals surface area (Å²) < 4.78 is 5.55. The molecule has 0 fully saturated rings. The number of carbonyl (C=O) groups excluding carboxylic acids is 2. The molecule has 3 aliphatic carbocycles. The van der Waals surface area contributed by atoms with Crippen LogP contribution in [0.4, 0.5) is 0 Å². The molecule has 0 aromatic carbocycles. The van der Waals surface area contributed by atoms with Crippen LogP contribution in [0.15, 0.2) is 35.5 Å². The van der Waals surface area contributed by atoms with Gasteiger partial charge in [-0.2, -0.15) is 0 Å². The minimum Gasteiger partial charge on any atom is -0.381 e. The van der Waals surface area contributed by atoms with Crippen LogP contribution >= 0.6 is 0 Å². The molecule has 0 aromatic heterocycles. The van der Waals surface area contributed by atoms with E-state index in [-0.39, 0.29) is 47.3 Å². The molecule has 22 heavy (non-hydrogen) atoms. The van der Waals surface area contributed by atoms with E-state index in [0.29, 0.717) is 0 Å². The Morgan fingerprint density at radius 2 is 1.86 bits per heavy atom. The fourth-order valence-corrected chi connectivity index (χ4v) is 4.57. The first-order valence-electron chi connectivity index (χ1n) is 8.09. The maximum Gasteiger partial charge on any atom is 0.162 e. The number of methoxy groups -OCH3 is 1. The highest BCUT2D eigenvalue weighted by atomic mass is 16.5. The molecule has 0 heterocycles. The van der Waals surface area contributed by atoms with Crippen molar-refractivity contribution in [2.75, 3.05) is 7.11 Å². The zero-order valence-electron chi connectivity index (χ0n) is 13.7. The number of rotatable bonds is 2. The summed E-state index contributed by atoms with van der Waals surface area (Å²) in [6, 6.07) is 0. The van der Waals surface area contributed by atoms with E-state index in [4.69, 9.17) is 4.74 Å². The second-order valence-corrected chi connectivity index (χ2v) is 6.92. The second-order valence-electron chi connectivity index (χ2n) is 6.92. The highest BCUT2D eigenvalue weighted by Gasteiger charge is 2.51. The number of hydrogen-bond donors (Lipinski definition) is 0. The Balaban J connectivity index is 2.11. The lowest BCUT2D eigenvalue weighted by atomic mass is 9.56. The maximum atomic E-state index is 12.8. The van der Waals surface area contributed by atoms with E-state index in [1.54, 1.807) is 13.2 Å². The summed E-state index contributed by atoms with van der Waals surface area (Å²) in [5.74, 6) is 0.262. The van der Waals surface area contributed by atoms with Gasteiger partial charge < -0.3 is 4.74 Å². The van der Waals surface area contributed by atoms with E-state index in [1.165, 1.54) is 5.57 Å². The molecule has 0 aliphatic heterocycles. The molecular formula is C19H24O3. The van der Waals surface area contributed by atoms with Gasteiger partial charge >= 0.3 is 0 Å². The minimum atomic E-state index is -0.222. The van der Waals surface area contributed by atoms with Crippen LogP contribution in [0.25, 0.3) is 0 Å². The quantitative estimate of drug-likeness (QED) is 0.736. The Labute approximate surface area is 132 Å². The van der Waals surface area contributed by atoms with E-state index in [0.717, 1.165) is 12.0 Å². The standard InChI is InChI=1S/C19H24O3/c1-10-8-13-6-5-7-15(20)17(13)18-16(10)14(12(3)22-4)9-11(2)19(18)21/h5,7-9,12-14,16-18H,6H2,1-4H3/t12?,13-,14+,16+,17-,18+/m1/s1. The zero-order valence-corrected chi connectivity index (χ0v) is 13.7. The van der Waals surface area contributed by atoms with Crippen molar-refractivity contribution in [3.8, 4) is 0 Å². The monoisotopic (exact) mass is 300 g/mol. The Morgan fingerprint density at radius 3 is 2.55 bits per heavy atom. The van der Waals surface area contributed by atoms with Crippen LogP contribution in [0.2, 0.25) is 0 Å². The van der Waals surface area contributed by atoms with Crippen molar-refractivity contribution in [2.45, 2.75) is 33.3 Å². The highest BCUT2D eigenvalue weighted by molar-refractivity contribution is 6.04. The largest absolute Gasteiger partial charge is 0.381 e. The van der Waals surface area contributed by atoms with Crippen molar-refractivity contribution >= 4 is 11.6 Å². The number of fused-ring (bicyclic) bond motifs is 3. The summed E-state index contributed by atoms with van der Waals surface area (Å²) in [7, 11) is 1.71. The van der Waals surface area contributed by atoms with Crippen molar-refractivity contribution in [3.05, 3.63) is 35.5 Å². The minimum absolute atomic E-state index is 0.0321. The van der Waals surface area contributed by atoms with Crippen molar-refractivity contribution in [3.63, 3.8) is 0 Å². The molecule has 0 saturated heterocycles. The molecule has 0 radical (unpaired) electrons. The van der Waals surface area contributed by atoms with Gasteiger partial charge in [-0.3, -0.25) is 9.59 Å². The van der Waals surface area contributed by atoms with Crippen LogP contribution in [0.1, 0.15) is 27.2 Å². The van der Waals surface area contributed by atoms with Crippen LogP contribution in [0.5, 0.6) is 0 Å². The number of Topliss-reactive ketones (excluding diaryl/α,β-unsaturated/α-hetero) is 1. The molecule has 0 aromatic rings. The number of allylic oxidation sites excluding steroid dienone is 5. The van der Waals surface area contributed by atoms with Gasteiger partial charge in [0.05, 0.1) is 6.10 Å². The first kappa shape index (κ1) is 15.4. The Morgan fingerprint density at radius 1 is 1.14 bits per heavy atom. The molecule has 1 unspecified atom stereocenters. The Kier molecular flexibility index (Phi) is 3.94. The van der Waals surface area contributed by atoms with Gasteiger partial charge in [-0.25, -0.2) is 0 Å². The zero-order chi connectivity index (χ0) is 16.0. The lowest BCUT2D eigenvalue weighted by Gasteiger charge is -2.47. The fourth-order valence-electron chi connectivity index (χ4n) is 4.57. The van der Waals surface area contributed by atoms with Gasteiger partial charge in [0, 0.05) is 24.9 Å². The van der Waals surface area contributed by atoms with Crippen molar-refractivity contribution in [2.24, 2.45) is 29.6 Å². The van der Waals surface area contributed by atoms with Crippen molar-refractivity contribution < 1.29 is 14.3 Å². The lowest BCUT2D eigenvalue weighted by Crippen LogP contribution is -2.49. The van der Waals surface area contributed by atoms with Crippen LogP contribution in [0, 0.1) is 29.6 Å². The molecule has 0 saturated carbocycles. The van der Waals surface area contributed by atoms with E-state index >= 15 is 0 Å². The predicted octanol–water partition coefficient (Wildman–Crippen LogP) is 3.12. The van der Waals surface area contributed by atoms with Crippen LogP contribution in [-0.4, -0.2) is 24.8 Å². The molecule has 3 nitrogen and oxygen atoms in total. The van der Waals surface area contributed by atoms with Gasteiger partial charge in [0.1, 0.15) is 0 Å². The first-order chi connectivity index (χ1) is 10.5. The second kappa shape index (κ2) is 5.62. The van der Waals surface area contributed by atoms with Gasteiger partial charge in [0.15, 0.2) is 11.6 Å². The van der Waals surface area contributed by atoms with Gasteiger partial charge in [-0.1, -0.05) is 23.8 Å². The summed E-state index contributed by atoms with van der Waals surface area (Å²) >= 11 is 0. The predicted molar refractivity (Wildman–Crippen MR) is 85.2 cm³/mol. The van der Waals surface area contributed by atoms with Gasteiger partial charge in [-0.15, -0.1) is 0 Å². The fraction of sp³-hybridized carbons (Fsp3) is 0.579. The molecule has 3 aliphatic rings. The van der Waals surface area contributed by atoms with E-state index in [9.17, 15) is 9.59 Å². The van der Waals surface area contributed by atoms with Crippen LogP contribution in [0.3, 0.4) is 0 Å². The van der Waals surface area contributed by atoms with Crippen LogP contribution in [-0.2, 0) is 14.3 Å². The molecule has 3 rings (SSSR count). The van der Waals surface area contributed by atoms with Gasteiger partial charge in [-0.05, 0) is 50.7 Å². The van der Waals surface area contributed by atoms with Gasteiger partial charge in [0.25, 0.3) is 0 Å². The molecule has 0 amide bonds. The summed E-state index contributed by atoms with van der Waals surface area (Å²) in [6.07, 6.45) is 8.78. The number of ketones is 2. The van der Waals surface area contributed by atoms with Crippen molar-refractivity contribution in [1.29, 1.82) is 0 Å². The normalized spacial score (nSPS) is 38.8. The number of carbonyl (C=O) groups is 2. The van der Waals surface area contributed by atoms with E-state index < -0.39 is 0 Å². The third kappa shape index (κ3) is 2.23. The summed E-state index contributed by atoms with van der Waals surface area (Å²) in [5, 5.41) is 0. The molecule has 118 valence electrons. The highest BCUT2D eigenvalue weighted by Crippen LogP contribution is 2.49. The molecular weight excluding hydrogens is 276 g/mol. The smallest absolute Gasteiger partial charge is 0.162 e. The summed E-state index contributed by atoms with van der Waals surface area (Å²) in [6.45, 7) is 6.02. The average Bonchev–Trinajstić information content (AvgIpc) is 2.49.